The van der Waals surface area contributed by atoms with Gasteiger partial charge in [0.2, 0.25) is 11.8 Å². The van der Waals surface area contributed by atoms with Gasteiger partial charge in [-0.05, 0) is 60.7 Å². The van der Waals surface area contributed by atoms with E-state index in [4.69, 9.17) is 0 Å². The van der Waals surface area contributed by atoms with Crippen LogP contribution in [0.2, 0.25) is 0 Å². The van der Waals surface area contributed by atoms with Crippen LogP contribution in [0.25, 0.3) is 32.9 Å². The summed E-state index contributed by atoms with van der Waals surface area (Å²) in [6.07, 6.45) is 0. The number of fused-ring (bicyclic) bond motifs is 2. The number of benzene rings is 3. The lowest BCUT2D eigenvalue weighted by Crippen LogP contribution is -2.24. The molecule has 2 N–H and O–H groups in total. The Morgan fingerprint density at radius 1 is 0.528 bits per heavy atom. The van der Waals surface area contributed by atoms with E-state index < -0.39 is 22.2 Å². The number of aromatic nitrogens is 2. The summed E-state index contributed by atoms with van der Waals surface area (Å²) in [5.74, 6) is -0.518. The molecule has 0 bridgehead atoms. The molecular weight excluding hydrogens is 464 g/mol. The van der Waals surface area contributed by atoms with Crippen LogP contribution in [0.5, 0.6) is 0 Å². The molecule has 0 saturated heterocycles. The SMILES string of the molecule is CC(=O)Nc1ccc(-n2c(=O)c3cc4c(=O)n(-c5ccc(NC(C)=O)cc5)c(=O)c4cc3c2=O)cc1. The Balaban J connectivity index is 1.65. The highest BCUT2D eigenvalue weighted by Gasteiger charge is 2.21. The summed E-state index contributed by atoms with van der Waals surface area (Å²) >= 11 is 0. The average molecular weight is 482 g/mol. The van der Waals surface area contributed by atoms with Crippen molar-refractivity contribution in [3.05, 3.63) is 102 Å². The highest BCUT2D eigenvalue weighted by molar-refractivity contribution is 5.98. The molecule has 0 aliphatic rings. The fourth-order valence-corrected chi connectivity index (χ4v) is 4.24. The third kappa shape index (κ3) is 3.61. The quantitative estimate of drug-likeness (QED) is 0.401. The van der Waals surface area contributed by atoms with Gasteiger partial charge in [-0.1, -0.05) is 0 Å². The highest BCUT2D eigenvalue weighted by Crippen LogP contribution is 2.19. The fourth-order valence-electron chi connectivity index (χ4n) is 4.24. The number of hydrogen-bond acceptors (Lipinski definition) is 6. The highest BCUT2D eigenvalue weighted by atomic mass is 16.2. The lowest BCUT2D eigenvalue weighted by Gasteiger charge is -2.04. The van der Waals surface area contributed by atoms with Gasteiger partial charge >= 0.3 is 0 Å². The summed E-state index contributed by atoms with van der Waals surface area (Å²) < 4.78 is 1.93. The third-order valence-corrected chi connectivity index (χ3v) is 5.78. The normalized spacial score (nSPS) is 11.2. The van der Waals surface area contributed by atoms with Crippen LogP contribution < -0.4 is 32.9 Å². The van der Waals surface area contributed by atoms with E-state index in [0.717, 1.165) is 9.13 Å². The van der Waals surface area contributed by atoms with Gasteiger partial charge < -0.3 is 10.6 Å². The molecule has 3 aromatic carbocycles. The van der Waals surface area contributed by atoms with Crippen molar-refractivity contribution >= 4 is 44.7 Å². The van der Waals surface area contributed by atoms with Crippen molar-refractivity contribution < 1.29 is 9.59 Å². The van der Waals surface area contributed by atoms with Gasteiger partial charge in [0.15, 0.2) is 0 Å². The Morgan fingerprint density at radius 2 is 0.806 bits per heavy atom. The average Bonchev–Trinajstić information content (AvgIpc) is 3.22. The predicted octanol–water partition coefficient (Wildman–Crippen LogP) is 1.81. The first-order valence-corrected chi connectivity index (χ1v) is 10.9. The maximum absolute atomic E-state index is 13.1. The van der Waals surface area contributed by atoms with E-state index in [0.29, 0.717) is 11.4 Å². The minimum atomic E-state index is -0.622. The summed E-state index contributed by atoms with van der Waals surface area (Å²) in [5.41, 5.74) is -0.909. The molecule has 178 valence electrons. The van der Waals surface area contributed by atoms with Crippen molar-refractivity contribution in [3.8, 4) is 11.4 Å². The number of nitrogens with zero attached hydrogens (tertiary/aromatic N) is 2. The summed E-state index contributed by atoms with van der Waals surface area (Å²) in [4.78, 5) is 74.9. The number of nitrogens with one attached hydrogen (secondary N) is 2. The monoisotopic (exact) mass is 482 g/mol. The van der Waals surface area contributed by atoms with Crippen LogP contribution in [0, 0.1) is 0 Å². The van der Waals surface area contributed by atoms with E-state index in [1.165, 1.54) is 50.2 Å². The van der Waals surface area contributed by atoms with E-state index in [9.17, 15) is 28.8 Å². The summed E-state index contributed by atoms with van der Waals surface area (Å²) in [7, 11) is 0. The summed E-state index contributed by atoms with van der Waals surface area (Å²) in [5, 5.41) is 5.30. The maximum Gasteiger partial charge on any atom is 0.266 e. The lowest BCUT2D eigenvalue weighted by atomic mass is 10.1. The van der Waals surface area contributed by atoms with Gasteiger partial charge in [-0.2, -0.15) is 0 Å². The van der Waals surface area contributed by atoms with E-state index in [1.54, 1.807) is 24.3 Å². The van der Waals surface area contributed by atoms with Gasteiger partial charge in [0, 0.05) is 25.2 Å². The second kappa shape index (κ2) is 8.27. The van der Waals surface area contributed by atoms with Gasteiger partial charge in [-0.25, -0.2) is 9.13 Å². The van der Waals surface area contributed by atoms with Crippen LogP contribution >= 0.6 is 0 Å². The zero-order valence-corrected chi connectivity index (χ0v) is 19.1. The standard InChI is InChI=1S/C26H18N4O6/c1-13(31)27-15-3-7-17(8-4-15)29-23(33)19-11-21-22(12-20(19)24(29)34)26(36)30(25(21)35)18-9-5-16(6-10-18)28-14(2)32/h3-12H,1-2H3,(H,27,31)(H,28,32). The molecule has 0 fully saturated rings. The van der Waals surface area contributed by atoms with E-state index in [2.05, 4.69) is 10.6 Å². The zero-order valence-electron chi connectivity index (χ0n) is 19.1. The summed E-state index contributed by atoms with van der Waals surface area (Å²) in [6.45, 7) is 2.73. The molecule has 0 saturated carbocycles. The minimum absolute atomic E-state index is 0.0219. The second-order valence-corrected chi connectivity index (χ2v) is 8.29. The summed E-state index contributed by atoms with van der Waals surface area (Å²) in [6, 6.07) is 14.9. The molecule has 2 aromatic heterocycles. The van der Waals surface area contributed by atoms with Crippen LogP contribution in [-0.2, 0) is 9.59 Å². The van der Waals surface area contributed by atoms with Gasteiger partial charge in [0.1, 0.15) is 0 Å². The largest absolute Gasteiger partial charge is 0.326 e. The molecule has 10 heteroatoms. The van der Waals surface area contributed by atoms with Crippen LogP contribution in [0.4, 0.5) is 11.4 Å². The van der Waals surface area contributed by atoms with Crippen molar-refractivity contribution in [1.29, 1.82) is 0 Å². The molecule has 5 rings (SSSR count). The number of carbonyl (C=O) groups is 2. The van der Waals surface area contributed by atoms with Gasteiger partial charge in [0.05, 0.1) is 32.9 Å². The first kappa shape index (κ1) is 22.7. The fraction of sp³-hybridized carbons (Fsp3) is 0.0769. The Labute approximate surface area is 201 Å². The van der Waals surface area contributed by atoms with Crippen LogP contribution in [0.1, 0.15) is 13.8 Å². The van der Waals surface area contributed by atoms with Gasteiger partial charge in [0.25, 0.3) is 22.2 Å². The molecule has 0 unspecified atom stereocenters. The Morgan fingerprint density at radius 3 is 1.06 bits per heavy atom. The third-order valence-electron chi connectivity index (χ3n) is 5.78. The van der Waals surface area contributed by atoms with Crippen molar-refractivity contribution in [2.24, 2.45) is 0 Å². The first-order chi connectivity index (χ1) is 17.2. The number of carbonyl (C=O) groups excluding carboxylic acids is 2. The van der Waals surface area contributed by atoms with Crippen LogP contribution in [0.3, 0.4) is 0 Å². The van der Waals surface area contributed by atoms with Crippen LogP contribution in [0.15, 0.2) is 79.8 Å². The minimum Gasteiger partial charge on any atom is -0.326 e. The molecule has 0 radical (unpaired) electrons. The molecule has 2 amide bonds. The predicted molar refractivity (Wildman–Crippen MR) is 136 cm³/mol. The molecular formula is C26H18N4O6. The lowest BCUT2D eigenvalue weighted by molar-refractivity contribution is -0.115. The molecule has 0 aliphatic carbocycles. The van der Waals surface area contributed by atoms with E-state index in [-0.39, 0.29) is 44.7 Å². The zero-order chi connectivity index (χ0) is 25.7. The smallest absolute Gasteiger partial charge is 0.266 e. The van der Waals surface area contributed by atoms with Crippen molar-refractivity contribution in [2.45, 2.75) is 13.8 Å². The number of amides is 2. The molecule has 0 aliphatic heterocycles. The molecule has 0 spiro atoms. The topological polar surface area (TPSA) is 136 Å². The molecule has 2 heterocycles. The number of anilines is 2. The van der Waals surface area contributed by atoms with Crippen molar-refractivity contribution in [3.63, 3.8) is 0 Å². The Bertz CT molecular complexity index is 1690. The number of rotatable bonds is 4. The maximum atomic E-state index is 13.1. The number of hydrogen-bond donors (Lipinski definition) is 2. The molecule has 10 nitrogen and oxygen atoms in total. The van der Waals surface area contributed by atoms with Crippen LogP contribution in [-0.4, -0.2) is 20.9 Å². The molecule has 36 heavy (non-hydrogen) atoms. The second-order valence-electron chi connectivity index (χ2n) is 8.29. The van der Waals surface area contributed by atoms with E-state index in [1.807, 2.05) is 0 Å². The first-order valence-electron chi connectivity index (χ1n) is 10.9. The molecule has 0 atom stereocenters. The molecule has 5 aromatic rings. The Kier molecular flexibility index (Phi) is 5.21. The van der Waals surface area contributed by atoms with Gasteiger partial charge in [-0.15, -0.1) is 0 Å². The van der Waals surface area contributed by atoms with Crippen molar-refractivity contribution in [1.82, 2.24) is 9.13 Å². The van der Waals surface area contributed by atoms with Gasteiger partial charge in [-0.3, -0.25) is 28.8 Å². The van der Waals surface area contributed by atoms with E-state index >= 15 is 0 Å². The Hall–Kier alpha value is -5.12. The van der Waals surface area contributed by atoms with Crippen molar-refractivity contribution in [2.75, 3.05) is 10.6 Å².